The highest BCUT2D eigenvalue weighted by Gasteiger charge is 2.10. The second kappa shape index (κ2) is 7.25. The lowest BCUT2D eigenvalue weighted by molar-refractivity contribution is -0.116. The lowest BCUT2D eigenvalue weighted by Crippen LogP contribution is -2.16. The third-order valence-corrected chi connectivity index (χ3v) is 3.41. The van der Waals surface area contributed by atoms with Gasteiger partial charge in [-0.25, -0.2) is 4.79 Å². The number of carboxylic acids is 1. The molecule has 1 aromatic rings. The van der Waals surface area contributed by atoms with Crippen molar-refractivity contribution in [3.63, 3.8) is 0 Å². The largest absolute Gasteiger partial charge is 0.478 e. The number of benzene rings is 1. The number of nitrogens with two attached hydrogens (primary N) is 1. The molecule has 1 aromatic carbocycles. The molecule has 19 heavy (non-hydrogen) atoms. The van der Waals surface area contributed by atoms with E-state index in [2.05, 4.69) is 21.2 Å². The molecule has 0 aliphatic carbocycles. The van der Waals surface area contributed by atoms with E-state index in [-0.39, 0.29) is 11.5 Å². The summed E-state index contributed by atoms with van der Waals surface area (Å²) < 4.78 is 0.549. The first-order valence-electron chi connectivity index (χ1n) is 5.96. The zero-order valence-corrected chi connectivity index (χ0v) is 12.2. The fourth-order valence-electron chi connectivity index (χ4n) is 1.46. The SMILES string of the molecule is CC(CN)CCC(=O)Nc1ccc(C(=O)O)cc1Br. The zero-order chi connectivity index (χ0) is 14.4. The van der Waals surface area contributed by atoms with E-state index in [4.69, 9.17) is 10.8 Å². The summed E-state index contributed by atoms with van der Waals surface area (Å²) in [4.78, 5) is 22.5. The fraction of sp³-hybridized carbons (Fsp3) is 0.385. The minimum Gasteiger partial charge on any atom is -0.478 e. The summed E-state index contributed by atoms with van der Waals surface area (Å²) in [5, 5.41) is 11.6. The van der Waals surface area contributed by atoms with Crippen LogP contribution in [-0.4, -0.2) is 23.5 Å². The van der Waals surface area contributed by atoms with Crippen molar-refractivity contribution in [2.45, 2.75) is 19.8 Å². The number of aromatic carboxylic acids is 1. The Kier molecular flexibility index (Phi) is 5.98. The Morgan fingerprint density at radius 1 is 1.47 bits per heavy atom. The molecule has 0 saturated heterocycles. The van der Waals surface area contributed by atoms with Crippen molar-refractivity contribution < 1.29 is 14.7 Å². The monoisotopic (exact) mass is 328 g/mol. The first-order chi connectivity index (χ1) is 8.93. The Bertz CT molecular complexity index is 477. The molecule has 1 unspecified atom stereocenters. The molecular weight excluding hydrogens is 312 g/mol. The fourth-order valence-corrected chi connectivity index (χ4v) is 1.94. The molecule has 0 aliphatic rings. The molecule has 0 aromatic heterocycles. The van der Waals surface area contributed by atoms with E-state index in [0.29, 0.717) is 29.0 Å². The van der Waals surface area contributed by atoms with Crippen LogP contribution in [0, 0.1) is 5.92 Å². The highest BCUT2D eigenvalue weighted by Crippen LogP contribution is 2.24. The molecule has 1 amide bonds. The molecule has 0 fully saturated rings. The molecule has 1 atom stereocenters. The summed E-state index contributed by atoms with van der Waals surface area (Å²) in [6.07, 6.45) is 1.12. The normalized spacial score (nSPS) is 11.9. The van der Waals surface area contributed by atoms with Crippen LogP contribution in [0.1, 0.15) is 30.1 Å². The van der Waals surface area contributed by atoms with Gasteiger partial charge in [-0.05, 0) is 53.0 Å². The van der Waals surface area contributed by atoms with Crippen LogP contribution in [-0.2, 0) is 4.79 Å². The van der Waals surface area contributed by atoms with E-state index in [1.165, 1.54) is 12.1 Å². The number of hydrogen-bond donors (Lipinski definition) is 3. The van der Waals surface area contributed by atoms with Crippen LogP contribution in [0.5, 0.6) is 0 Å². The molecule has 0 heterocycles. The predicted molar refractivity (Wildman–Crippen MR) is 77.2 cm³/mol. The third kappa shape index (κ3) is 5.00. The summed E-state index contributed by atoms with van der Waals surface area (Å²) >= 11 is 3.24. The number of carboxylic acid groups (broad SMARTS) is 1. The minimum atomic E-state index is -1.00. The van der Waals surface area contributed by atoms with Crippen LogP contribution in [0.2, 0.25) is 0 Å². The first-order valence-corrected chi connectivity index (χ1v) is 6.76. The van der Waals surface area contributed by atoms with E-state index in [0.717, 1.165) is 6.42 Å². The van der Waals surface area contributed by atoms with Crippen LogP contribution >= 0.6 is 15.9 Å². The van der Waals surface area contributed by atoms with Gasteiger partial charge in [-0.2, -0.15) is 0 Å². The van der Waals surface area contributed by atoms with Gasteiger partial charge < -0.3 is 16.2 Å². The Morgan fingerprint density at radius 2 is 2.16 bits per heavy atom. The van der Waals surface area contributed by atoms with Gasteiger partial charge >= 0.3 is 5.97 Å². The summed E-state index contributed by atoms with van der Waals surface area (Å²) in [5.74, 6) is -0.803. The van der Waals surface area contributed by atoms with Crippen molar-refractivity contribution in [2.24, 2.45) is 11.7 Å². The van der Waals surface area contributed by atoms with Crippen molar-refractivity contribution in [1.82, 2.24) is 0 Å². The second-order valence-electron chi connectivity index (χ2n) is 4.43. The van der Waals surface area contributed by atoms with Gasteiger partial charge in [0.1, 0.15) is 0 Å². The molecule has 6 heteroatoms. The number of rotatable bonds is 6. The molecule has 0 radical (unpaired) electrons. The molecule has 5 nitrogen and oxygen atoms in total. The lowest BCUT2D eigenvalue weighted by atomic mass is 10.1. The molecular formula is C13H17BrN2O3. The average Bonchev–Trinajstić information content (AvgIpc) is 2.38. The topological polar surface area (TPSA) is 92.4 Å². The summed E-state index contributed by atoms with van der Waals surface area (Å²) in [7, 11) is 0. The highest BCUT2D eigenvalue weighted by molar-refractivity contribution is 9.10. The molecule has 0 spiro atoms. The molecule has 104 valence electrons. The Labute approximate surface area is 120 Å². The van der Waals surface area contributed by atoms with Gasteiger partial charge in [-0.15, -0.1) is 0 Å². The molecule has 0 saturated carbocycles. The Morgan fingerprint density at radius 3 is 2.68 bits per heavy atom. The molecule has 0 aliphatic heterocycles. The van der Waals surface area contributed by atoms with Gasteiger partial charge in [0.2, 0.25) is 5.91 Å². The summed E-state index contributed by atoms with van der Waals surface area (Å²) in [5.41, 5.74) is 6.22. The van der Waals surface area contributed by atoms with E-state index in [9.17, 15) is 9.59 Å². The quantitative estimate of drug-likeness (QED) is 0.747. The van der Waals surface area contributed by atoms with Crippen LogP contribution in [0.4, 0.5) is 5.69 Å². The number of hydrogen-bond acceptors (Lipinski definition) is 3. The number of carbonyl (C=O) groups is 2. The van der Waals surface area contributed by atoms with Crippen molar-refractivity contribution in [3.8, 4) is 0 Å². The highest BCUT2D eigenvalue weighted by atomic mass is 79.9. The maximum absolute atomic E-state index is 11.7. The summed E-state index contributed by atoms with van der Waals surface area (Å²) in [6, 6.07) is 4.48. The second-order valence-corrected chi connectivity index (χ2v) is 5.28. The predicted octanol–water partition coefficient (Wildman–Crippen LogP) is 2.46. The average molecular weight is 329 g/mol. The van der Waals surface area contributed by atoms with E-state index in [1.54, 1.807) is 6.07 Å². The Hall–Kier alpha value is -1.40. The van der Waals surface area contributed by atoms with Crippen LogP contribution in [0.25, 0.3) is 0 Å². The number of amides is 1. The van der Waals surface area contributed by atoms with Gasteiger partial charge in [0.25, 0.3) is 0 Å². The number of halogens is 1. The maximum Gasteiger partial charge on any atom is 0.335 e. The number of nitrogens with one attached hydrogen (secondary N) is 1. The van der Waals surface area contributed by atoms with Crippen LogP contribution < -0.4 is 11.1 Å². The van der Waals surface area contributed by atoms with Gasteiger partial charge in [0.15, 0.2) is 0 Å². The molecule has 4 N–H and O–H groups in total. The number of carbonyl (C=O) groups excluding carboxylic acids is 1. The van der Waals surface area contributed by atoms with E-state index >= 15 is 0 Å². The minimum absolute atomic E-state index is 0.107. The van der Waals surface area contributed by atoms with Gasteiger partial charge in [0.05, 0.1) is 11.3 Å². The number of anilines is 1. The summed E-state index contributed by atoms with van der Waals surface area (Å²) in [6.45, 7) is 2.55. The Balaban J connectivity index is 2.62. The standard InChI is InChI=1S/C13H17BrN2O3/c1-8(7-15)2-5-12(17)16-11-4-3-9(13(18)19)6-10(11)14/h3-4,6,8H,2,5,7,15H2,1H3,(H,16,17)(H,18,19). The third-order valence-electron chi connectivity index (χ3n) is 2.76. The van der Waals surface area contributed by atoms with E-state index in [1.807, 2.05) is 6.92 Å². The van der Waals surface area contributed by atoms with Crippen molar-refractivity contribution >= 4 is 33.5 Å². The van der Waals surface area contributed by atoms with Gasteiger partial charge in [0, 0.05) is 10.9 Å². The van der Waals surface area contributed by atoms with Crippen LogP contribution in [0.3, 0.4) is 0 Å². The van der Waals surface area contributed by atoms with E-state index < -0.39 is 5.97 Å². The van der Waals surface area contributed by atoms with Crippen LogP contribution in [0.15, 0.2) is 22.7 Å². The zero-order valence-electron chi connectivity index (χ0n) is 10.6. The maximum atomic E-state index is 11.7. The smallest absolute Gasteiger partial charge is 0.335 e. The van der Waals surface area contributed by atoms with Gasteiger partial charge in [-0.1, -0.05) is 6.92 Å². The lowest BCUT2D eigenvalue weighted by Gasteiger charge is -2.10. The van der Waals surface area contributed by atoms with Crippen molar-refractivity contribution in [3.05, 3.63) is 28.2 Å². The first kappa shape index (κ1) is 15.7. The van der Waals surface area contributed by atoms with Gasteiger partial charge in [-0.3, -0.25) is 4.79 Å². The molecule has 0 bridgehead atoms. The van der Waals surface area contributed by atoms with Crippen molar-refractivity contribution in [1.29, 1.82) is 0 Å². The molecule has 1 rings (SSSR count). The van der Waals surface area contributed by atoms with Crippen molar-refractivity contribution in [2.75, 3.05) is 11.9 Å².